The largest absolute Gasteiger partial charge is 0.490 e. The number of piperidine rings is 1. The second-order valence-electron chi connectivity index (χ2n) is 11.6. The molecule has 0 radical (unpaired) electrons. The molecule has 45 heavy (non-hydrogen) atoms. The molecule has 11 nitrogen and oxygen atoms in total. The maximum atomic E-state index is 13.3. The zero-order valence-corrected chi connectivity index (χ0v) is 26.7. The number of halogens is 4. The molecule has 1 saturated carbocycles. The maximum absolute atomic E-state index is 13.3. The third kappa shape index (κ3) is 9.83. The van der Waals surface area contributed by atoms with Gasteiger partial charge in [-0.25, -0.2) is 9.78 Å². The van der Waals surface area contributed by atoms with E-state index in [4.69, 9.17) is 9.90 Å². The van der Waals surface area contributed by atoms with Gasteiger partial charge in [0.2, 0.25) is 5.82 Å². The zero-order valence-electron chi connectivity index (χ0n) is 25.1. The lowest BCUT2D eigenvalue weighted by Gasteiger charge is -2.42. The first-order valence-electron chi connectivity index (χ1n) is 15.0. The molecular formula is C30H38BrF3N8O3. The number of benzene rings is 1. The first-order valence-corrected chi connectivity index (χ1v) is 15.8. The number of nitrogens with zero attached hydrogens (tertiary/aromatic N) is 7. The van der Waals surface area contributed by atoms with E-state index >= 15 is 0 Å². The van der Waals surface area contributed by atoms with Gasteiger partial charge < -0.3 is 10.0 Å². The average Bonchev–Trinajstić information content (AvgIpc) is 3.56. The maximum Gasteiger partial charge on any atom is 0.490 e. The molecular weight excluding hydrogens is 657 g/mol. The molecule has 244 valence electrons. The van der Waals surface area contributed by atoms with Crippen molar-refractivity contribution < 1.29 is 27.9 Å². The van der Waals surface area contributed by atoms with Crippen LogP contribution in [0.1, 0.15) is 60.3 Å². The Morgan fingerprint density at radius 2 is 1.67 bits per heavy atom. The normalized spacial score (nSPS) is 18.9. The summed E-state index contributed by atoms with van der Waals surface area (Å²) in [5.74, 6) is -2.33. The summed E-state index contributed by atoms with van der Waals surface area (Å²) >= 11 is 3.50. The van der Waals surface area contributed by atoms with Crippen LogP contribution in [0.3, 0.4) is 0 Å². The molecule has 0 atom stereocenters. The Balaban J connectivity index is 0.000000591. The Bertz CT molecular complexity index is 1340. The number of nitrogens with one attached hydrogen (secondary N) is 1. The summed E-state index contributed by atoms with van der Waals surface area (Å²) in [6, 6.07) is 10.8. The second kappa shape index (κ2) is 15.8. The molecule has 0 bridgehead atoms. The summed E-state index contributed by atoms with van der Waals surface area (Å²) in [6.45, 7) is 7.89. The van der Waals surface area contributed by atoms with Crippen LogP contribution in [0.4, 0.5) is 19.0 Å². The summed E-state index contributed by atoms with van der Waals surface area (Å²) in [6.07, 6.45) is 3.07. The fourth-order valence-corrected chi connectivity index (χ4v) is 6.27. The van der Waals surface area contributed by atoms with Gasteiger partial charge in [0.05, 0.1) is 10.5 Å². The molecule has 1 aromatic carbocycles. The van der Waals surface area contributed by atoms with Crippen LogP contribution in [-0.4, -0.2) is 106 Å². The number of amides is 1. The number of hydrogen-bond acceptors (Lipinski definition) is 9. The van der Waals surface area contributed by atoms with Crippen LogP contribution in [0.25, 0.3) is 0 Å². The van der Waals surface area contributed by atoms with Crippen molar-refractivity contribution in [1.82, 2.24) is 30.1 Å². The summed E-state index contributed by atoms with van der Waals surface area (Å²) in [5, 5.41) is 18.2. The van der Waals surface area contributed by atoms with Gasteiger partial charge in [-0.1, -0.05) is 25.0 Å². The number of carbonyl (C=O) groups excluding carboxylic acids is 1. The molecule has 2 N–H and O–H groups in total. The highest BCUT2D eigenvalue weighted by molar-refractivity contribution is 9.10. The fraction of sp³-hybridized carbons (Fsp3) is 0.567. The minimum absolute atomic E-state index is 0.0809. The van der Waals surface area contributed by atoms with Crippen LogP contribution in [-0.2, 0) is 11.3 Å². The highest BCUT2D eigenvalue weighted by atomic mass is 79.9. The van der Waals surface area contributed by atoms with E-state index in [1.807, 2.05) is 23.2 Å². The molecule has 1 aliphatic carbocycles. The van der Waals surface area contributed by atoms with Crippen molar-refractivity contribution in [1.29, 1.82) is 5.26 Å². The van der Waals surface area contributed by atoms with Gasteiger partial charge in [-0.05, 0) is 79.4 Å². The third-order valence-electron chi connectivity index (χ3n) is 8.44. The fourth-order valence-electron chi connectivity index (χ4n) is 5.88. The van der Waals surface area contributed by atoms with Gasteiger partial charge >= 0.3 is 12.1 Å². The first-order chi connectivity index (χ1) is 21.4. The Kier molecular flexibility index (Phi) is 12.1. The molecule has 15 heteroatoms. The number of hydrogen-bond donors (Lipinski definition) is 2. The van der Waals surface area contributed by atoms with Gasteiger partial charge in [0.25, 0.3) is 5.91 Å². The third-order valence-corrected chi connectivity index (χ3v) is 9.00. The SMILES string of the molecule is CN1CCN(C2CCN(Cc3ccc(C(=O)NN(c4nc(C#N)ncc4Br)C4CCCC4)cc3)CC2)CC1.O=C(O)C(F)(F)F. The Labute approximate surface area is 269 Å². The van der Waals surface area contributed by atoms with E-state index in [-0.39, 0.29) is 17.8 Å². The molecule has 2 aromatic rings. The van der Waals surface area contributed by atoms with Crippen molar-refractivity contribution in [2.75, 3.05) is 51.3 Å². The van der Waals surface area contributed by atoms with E-state index in [2.05, 4.69) is 65.2 Å². The van der Waals surface area contributed by atoms with E-state index in [0.717, 1.165) is 45.3 Å². The van der Waals surface area contributed by atoms with Crippen LogP contribution < -0.4 is 10.4 Å². The van der Waals surface area contributed by atoms with E-state index in [0.29, 0.717) is 21.9 Å². The molecule has 0 spiro atoms. The molecule has 1 amide bonds. The van der Waals surface area contributed by atoms with Crippen molar-refractivity contribution in [3.8, 4) is 6.07 Å². The number of carboxylic acid groups (broad SMARTS) is 1. The van der Waals surface area contributed by atoms with Gasteiger partial charge in [-0.15, -0.1) is 0 Å². The smallest absolute Gasteiger partial charge is 0.475 e. The molecule has 1 aromatic heterocycles. The van der Waals surface area contributed by atoms with Crippen molar-refractivity contribution in [2.24, 2.45) is 0 Å². The molecule has 3 aliphatic rings. The summed E-state index contributed by atoms with van der Waals surface area (Å²) in [5.41, 5.74) is 4.90. The number of carbonyl (C=O) groups is 2. The predicted molar refractivity (Wildman–Crippen MR) is 164 cm³/mol. The zero-order chi connectivity index (χ0) is 32.6. The lowest BCUT2D eigenvalue weighted by molar-refractivity contribution is -0.192. The van der Waals surface area contributed by atoms with Crippen LogP contribution >= 0.6 is 15.9 Å². The van der Waals surface area contributed by atoms with Crippen LogP contribution in [0.5, 0.6) is 0 Å². The van der Waals surface area contributed by atoms with E-state index in [1.54, 1.807) is 6.20 Å². The van der Waals surface area contributed by atoms with E-state index in [1.165, 1.54) is 44.6 Å². The number of anilines is 1. The number of rotatable bonds is 7. The van der Waals surface area contributed by atoms with Crippen LogP contribution in [0, 0.1) is 11.3 Å². The summed E-state index contributed by atoms with van der Waals surface area (Å²) < 4.78 is 32.4. The highest BCUT2D eigenvalue weighted by Gasteiger charge is 2.38. The number of carboxylic acids is 1. The minimum atomic E-state index is -5.08. The summed E-state index contributed by atoms with van der Waals surface area (Å²) in [7, 11) is 2.21. The van der Waals surface area contributed by atoms with Gasteiger partial charge in [0.1, 0.15) is 6.07 Å². The molecule has 3 heterocycles. The number of aliphatic carboxylic acids is 1. The molecule has 2 aliphatic heterocycles. The molecule has 0 unspecified atom stereocenters. The van der Waals surface area contributed by atoms with Gasteiger partial charge in [0, 0.05) is 50.5 Å². The molecule has 3 fully saturated rings. The Hall–Kier alpha value is -3.32. The number of aromatic nitrogens is 2. The van der Waals surface area contributed by atoms with Gasteiger partial charge in [-0.3, -0.25) is 25.0 Å². The molecule has 2 saturated heterocycles. The number of likely N-dealkylation sites (tertiary alicyclic amines) is 1. The van der Waals surface area contributed by atoms with Crippen LogP contribution in [0.2, 0.25) is 0 Å². The second-order valence-corrected chi connectivity index (χ2v) is 12.4. The Morgan fingerprint density at radius 1 is 1.07 bits per heavy atom. The number of hydrazine groups is 1. The van der Waals surface area contributed by atoms with Gasteiger partial charge in [-0.2, -0.15) is 23.4 Å². The van der Waals surface area contributed by atoms with Crippen molar-refractivity contribution in [3.63, 3.8) is 0 Å². The van der Waals surface area contributed by atoms with Crippen molar-refractivity contribution >= 4 is 33.6 Å². The monoisotopic (exact) mass is 694 g/mol. The van der Waals surface area contributed by atoms with E-state index < -0.39 is 12.1 Å². The lowest BCUT2D eigenvalue weighted by Crippen LogP contribution is -2.52. The van der Waals surface area contributed by atoms with Crippen molar-refractivity contribution in [3.05, 3.63) is 51.9 Å². The van der Waals surface area contributed by atoms with Crippen LogP contribution in [0.15, 0.2) is 34.9 Å². The van der Waals surface area contributed by atoms with Crippen molar-refractivity contribution in [2.45, 2.75) is 63.3 Å². The predicted octanol–water partition coefficient (Wildman–Crippen LogP) is 4.05. The number of piperazine rings is 1. The van der Waals surface area contributed by atoms with Gasteiger partial charge in [0.15, 0.2) is 5.82 Å². The Morgan fingerprint density at radius 3 is 2.22 bits per heavy atom. The number of nitriles is 1. The topological polar surface area (TPSA) is 129 Å². The summed E-state index contributed by atoms with van der Waals surface area (Å²) in [4.78, 5) is 38.2. The quantitative estimate of drug-likeness (QED) is 0.410. The first kappa shape index (κ1) is 34.6. The van der Waals surface area contributed by atoms with E-state index in [9.17, 15) is 23.2 Å². The lowest BCUT2D eigenvalue weighted by atomic mass is 10.0. The average molecular weight is 696 g/mol. The molecule has 5 rings (SSSR count). The standard InChI is InChI=1S/C28H37BrN8O.C2HF3O2/c1-34-14-16-36(17-15-34)23-10-12-35(13-11-23)20-21-6-8-22(9-7-21)28(38)33-37(24-4-2-3-5-24)27-25(29)19-31-26(18-30)32-27;3-2(4,5)1(6)7/h6-9,19,23-24H,2-5,10-17,20H2,1H3,(H,33,38);(H,6,7). The number of likely N-dealkylation sites (N-methyl/N-ethyl adjacent to an activating group) is 1. The number of alkyl halides is 3. The highest BCUT2D eigenvalue weighted by Crippen LogP contribution is 2.30. The minimum Gasteiger partial charge on any atom is -0.475 e.